The first kappa shape index (κ1) is 13.9. The number of thiophene rings is 1. The van der Waals surface area contributed by atoms with E-state index >= 15 is 0 Å². The van der Waals surface area contributed by atoms with E-state index in [-0.39, 0.29) is 11.4 Å². The van der Waals surface area contributed by atoms with Gasteiger partial charge in [-0.3, -0.25) is 4.79 Å². The number of carbonyl (C=O) groups is 1. The zero-order valence-corrected chi connectivity index (χ0v) is 12.0. The smallest absolute Gasteiger partial charge is 0.254 e. The van der Waals surface area contributed by atoms with Crippen molar-refractivity contribution >= 4 is 39.0 Å². The van der Waals surface area contributed by atoms with Gasteiger partial charge in [0.05, 0.1) is 15.9 Å². The molecule has 0 unspecified atom stereocenters. The van der Waals surface area contributed by atoms with Gasteiger partial charge >= 0.3 is 0 Å². The maximum absolute atomic E-state index is 13.8. The number of nitrogens with one attached hydrogen (secondary N) is 2. The largest absolute Gasteiger partial charge is 0.347 e. The molecule has 2 rings (SSSR count). The molecule has 0 spiro atoms. The van der Waals surface area contributed by atoms with Crippen LogP contribution in [0.4, 0.5) is 10.2 Å². The van der Waals surface area contributed by atoms with Crippen LogP contribution in [0.2, 0.25) is 0 Å². The second-order valence-corrected chi connectivity index (χ2v) is 6.10. The Bertz CT molecular complexity index is 604. The molecule has 0 aliphatic rings. The van der Waals surface area contributed by atoms with Crippen LogP contribution in [0.3, 0.4) is 0 Å². The maximum atomic E-state index is 13.8. The number of nitrogen functional groups attached to an aromatic ring is 1. The Labute approximate surface area is 121 Å². The summed E-state index contributed by atoms with van der Waals surface area (Å²) in [5, 5.41) is 2.63. The van der Waals surface area contributed by atoms with E-state index < -0.39 is 11.7 Å². The van der Waals surface area contributed by atoms with E-state index in [0.717, 1.165) is 8.66 Å². The van der Waals surface area contributed by atoms with Gasteiger partial charge in [0.2, 0.25) is 0 Å². The van der Waals surface area contributed by atoms with E-state index in [1.807, 2.05) is 12.1 Å². The van der Waals surface area contributed by atoms with Gasteiger partial charge in [-0.15, -0.1) is 11.3 Å². The number of hydrogen-bond donors (Lipinski definition) is 3. The predicted molar refractivity (Wildman–Crippen MR) is 75.2 cm³/mol. The van der Waals surface area contributed by atoms with Crippen LogP contribution in [0.1, 0.15) is 15.2 Å². The van der Waals surface area contributed by atoms with E-state index in [4.69, 9.17) is 5.84 Å². The molecule has 0 aromatic carbocycles. The molecule has 19 heavy (non-hydrogen) atoms. The van der Waals surface area contributed by atoms with E-state index in [9.17, 15) is 9.18 Å². The summed E-state index contributed by atoms with van der Waals surface area (Å²) in [5.41, 5.74) is 2.00. The quantitative estimate of drug-likeness (QED) is 0.587. The van der Waals surface area contributed by atoms with Crippen LogP contribution in [-0.2, 0) is 6.54 Å². The molecule has 1 amide bonds. The number of nitrogens with two attached hydrogens (primary N) is 1. The lowest BCUT2D eigenvalue weighted by molar-refractivity contribution is 0.0947. The summed E-state index contributed by atoms with van der Waals surface area (Å²) in [6.07, 6.45) is 1.31. The lowest BCUT2D eigenvalue weighted by Gasteiger charge is -2.07. The molecule has 0 saturated carbocycles. The Kier molecular flexibility index (Phi) is 4.46. The second kappa shape index (κ2) is 6.09. The number of anilines is 1. The predicted octanol–water partition coefficient (Wildman–Crippen LogP) is 2.26. The molecule has 2 heterocycles. The molecule has 2 aromatic rings. The third kappa shape index (κ3) is 3.28. The van der Waals surface area contributed by atoms with E-state index in [1.165, 1.54) is 23.6 Å². The van der Waals surface area contributed by atoms with Crippen molar-refractivity contribution in [1.82, 2.24) is 10.3 Å². The molecular weight excluding hydrogens is 335 g/mol. The monoisotopic (exact) mass is 344 g/mol. The van der Waals surface area contributed by atoms with Gasteiger partial charge in [-0.25, -0.2) is 15.2 Å². The number of aromatic nitrogens is 1. The average molecular weight is 345 g/mol. The molecule has 8 heteroatoms. The minimum atomic E-state index is -0.769. The fourth-order valence-corrected chi connectivity index (χ4v) is 2.85. The summed E-state index contributed by atoms with van der Waals surface area (Å²) in [5.74, 6) is 3.66. The number of pyridine rings is 1. The lowest BCUT2D eigenvalue weighted by Crippen LogP contribution is -2.24. The number of amides is 1. The molecule has 0 radical (unpaired) electrons. The normalized spacial score (nSPS) is 10.3. The first-order valence-electron chi connectivity index (χ1n) is 5.25. The number of hydrazine groups is 1. The van der Waals surface area contributed by atoms with Crippen LogP contribution in [0.5, 0.6) is 0 Å². The highest BCUT2D eigenvalue weighted by molar-refractivity contribution is 9.11. The Morgan fingerprint density at radius 3 is 2.89 bits per heavy atom. The molecule has 0 bridgehead atoms. The summed E-state index contributed by atoms with van der Waals surface area (Å²) in [6, 6.07) is 5.07. The van der Waals surface area contributed by atoms with Gasteiger partial charge in [0.1, 0.15) is 0 Å². The van der Waals surface area contributed by atoms with Crippen molar-refractivity contribution in [1.29, 1.82) is 0 Å². The van der Waals surface area contributed by atoms with Gasteiger partial charge in [0.25, 0.3) is 5.91 Å². The third-order valence-electron chi connectivity index (χ3n) is 2.32. The van der Waals surface area contributed by atoms with Crippen molar-refractivity contribution in [3.63, 3.8) is 0 Å². The minimum Gasteiger partial charge on any atom is -0.347 e. The first-order chi connectivity index (χ1) is 9.11. The summed E-state index contributed by atoms with van der Waals surface area (Å²) in [7, 11) is 0. The molecule has 0 aliphatic heterocycles. The number of nitrogens with zero attached hydrogens (tertiary/aromatic N) is 1. The highest BCUT2D eigenvalue weighted by Crippen LogP contribution is 2.22. The number of carbonyl (C=O) groups excluding carboxylic acids is 1. The average Bonchev–Trinajstić information content (AvgIpc) is 2.82. The van der Waals surface area contributed by atoms with E-state index in [0.29, 0.717) is 6.54 Å². The van der Waals surface area contributed by atoms with Crippen LogP contribution < -0.4 is 16.6 Å². The summed E-state index contributed by atoms with van der Waals surface area (Å²) in [6.45, 7) is 0.336. The van der Waals surface area contributed by atoms with Gasteiger partial charge in [-0.1, -0.05) is 0 Å². The number of hydrogen-bond acceptors (Lipinski definition) is 5. The molecule has 4 N–H and O–H groups in total. The fourth-order valence-electron chi connectivity index (χ4n) is 1.43. The van der Waals surface area contributed by atoms with Crippen molar-refractivity contribution in [2.75, 3.05) is 5.43 Å². The van der Waals surface area contributed by atoms with Crippen LogP contribution in [0.25, 0.3) is 0 Å². The molecule has 0 atom stereocenters. The van der Waals surface area contributed by atoms with Gasteiger partial charge < -0.3 is 10.7 Å². The van der Waals surface area contributed by atoms with Crippen LogP contribution in [0, 0.1) is 5.82 Å². The van der Waals surface area contributed by atoms with Crippen molar-refractivity contribution in [2.24, 2.45) is 5.84 Å². The Balaban J connectivity index is 2.08. The van der Waals surface area contributed by atoms with E-state index in [2.05, 4.69) is 31.7 Å². The molecule has 0 aliphatic carbocycles. The summed E-state index contributed by atoms with van der Waals surface area (Å²) in [4.78, 5) is 16.5. The van der Waals surface area contributed by atoms with Crippen molar-refractivity contribution in [2.45, 2.75) is 6.54 Å². The number of halogens is 2. The standard InChI is InChI=1S/C11H10BrFN4OS/c12-8-2-1-6(19-8)5-16-11(18)7-3-4-15-10(17-14)9(7)13/h1-4H,5,14H2,(H,15,17)(H,16,18). The second-order valence-electron chi connectivity index (χ2n) is 3.55. The molecule has 100 valence electrons. The van der Waals surface area contributed by atoms with Crippen LogP contribution in [-0.4, -0.2) is 10.9 Å². The molecule has 2 aromatic heterocycles. The highest BCUT2D eigenvalue weighted by Gasteiger charge is 2.15. The van der Waals surface area contributed by atoms with Crippen LogP contribution in [0.15, 0.2) is 28.2 Å². The Morgan fingerprint density at radius 1 is 1.47 bits per heavy atom. The number of rotatable bonds is 4. The minimum absolute atomic E-state index is 0.0985. The van der Waals surface area contributed by atoms with Crippen molar-refractivity contribution in [3.05, 3.63) is 44.4 Å². The Morgan fingerprint density at radius 2 is 2.26 bits per heavy atom. The topological polar surface area (TPSA) is 80.0 Å². The highest BCUT2D eigenvalue weighted by atomic mass is 79.9. The molecule has 5 nitrogen and oxygen atoms in total. The van der Waals surface area contributed by atoms with Gasteiger partial charge in [-0.05, 0) is 34.1 Å². The third-order valence-corrected chi connectivity index (χ3v) is 3.95. The van der Waals surface area contributed by atoms with Crippen molar-refractivity contribution < 1.29 is 9.18 Å². The van der Waals surface area contributed by atoms with Crippen molar-refractivity contribution in [3.8, 4) is 0 Å². The molecular formula is C11H10BrFN4OS. The zero-order chi connectivity index (χ0) is 13.8. The lowest BCUT2D eigenvalue weighted by atomic mass is 10.2. The van der Waals surface area contributed by atoms with Crippen LogP contribution >= 0.6 is 27.3 Å². The first-order valence-corrected chi connectivity index (χ1v) is 6.86. The fraction of sp³-hybridized carbons (Fsp3) is 0.0909. The maximum Gasteiger partial charge on any atom is 0.254 e. The molecule has 0 fully saturated rings. The Hall–Kier alpha value is -1.51. The van der Waals surface area contributed by atoms with Gasteiger partial charge in [-0.2, -0.15) is 0 Å². The van der Waals surface area contributed by atoms with Gasteiger partial charge in [0, 0.05) is 11.1 Å². The zero-order valence-electron chi connectivity index (χ0n) is 9.61. The van der Waals surface area contributed by atoms with Gasteiger partial charge in [0.15, 0.2) is 11.6 Å². The SMILES string of the molecule is NNc1nccc(C(=O)NCc2ccc(Br)s2)c1F. The van der Waals surface area contributed by atoms with E-state index in [1.54, 1.807) is 0 Å². The molecule has 0 saturated heterocycles. The summed E-state index contributed by atoms with van der Waals surface area (Å²) < 4.78 is 14.8. The summed E-state index contributed by atoms with van der Waals surface area (Å²) >= 11 is 4.83.